The van der Waals surface area contributed by atoms with E-state index in [1.165, 1.54) is 0 Å². The third kappa shape index (κ3) is 4.10. The number of carbonyl (C=O) groups is 1. The van der Waals surface area contributed by atoms with Gasteiger partial charge in [0, 0.05) is 11.6 Å². The van der Waals surface area contributed by atoms with Gasteiger partial charge in [-0.3, -0.25) is 4.79 Å². The van der Waals surface area contributed by atoms with Crippen LogP contribution in [0, 0.1) is 0 Å². The molecule has 0 spiro atoms. The molecular weight excluding hydrogens is 346 g/mol. The van der Waals surface area contributed by atoms with Crippen LogP contribution in [0.5, 0.6) is 0 Å². The minimum absolute atomic E-state index is 0.231. The molecule has 0 unspecified atom stereocenters. The zero-order valence-corrected chi connectivity index (χ0v) is 12.8. The van der Waals surface area contributed by atoms with Crippen LogP contribution in [0.3, 0.4) is 0 Å². The van der Waals surface area contributed by atoms with Gasteiger partial charge >= 0.3 is 0 Å². The summed E-state index contributed by atoms with van der Waals surface area (Å²) in [5.41, 5.74) is 0.729. The highest BCUT2D eigenvalue weighted by Crippen LogP contribution is 2.20. The van der Waals surface area contributed by atoms with Gasteiger partial charge in [0.2, 0.25) is 0 Å². The van der Waals surface area contributed by atoms with E-state index >= 15 is 0 Å². The fourth-order valence-corrected chi connectivity index (χ4v) is 2.23. The maximum absolute atomic E-state index is 11.7. The van der Waals surface area contributed by atoms with Crippen LogP contribution in [0.1, 0.15) is 28.6 Å². The Kier molecular flexibility index (Phi) is 5.23. The van der Waals surface area contributed by atoms with Crippen molar-refractivity contribution in [3.05, 3.63) is 57.4 Å². The van der Waals surface area contributed by atoms with E-state index in [2.05, 4.69) is 21.2 Å². The number of carbonyl (C=O) groups excluding carboxylic acids is 1. The second-order valence-electron chi connectivity index (χ2n) is 4.22. The molecule has 0 bridgehead atoms. The Morgan fingerprint density at radius 1 is 1.40 bits per heavy atom. The van der Waals surface area contributed by atoms with E-state index in [1.807, 2.05) is 0 Å². The van der Waals surface area contributed by atoms with Crippen LogP contribution >= 0.6 is 27.5 Å². The van der Waals surface area contributed by atoms with Gasteiger partial charge in [0.25, 0.3) is 5.91 Å². The molecule has 1 aromatic heterocycles. The number of hydrogen-bond acceptors (Lipinski definition) is 3. The monoisotopic (exact) mass is 357 g/mol. The lowest BCUT2D eigenvalue weighted by Crippen LogP contribution is -2.25. The minimum atomic E-state index is -0.669. The van der Waals surface area contributed by atoms with Gasteiger partial charge in [-0.2, -0.15) is 0 Å². The Bertz CT molecular complexity index is 600. The molecule has 0 saturated heterocycles. The van der Waals surface area contributed by atoms with E-state index in [0.29, 0.717) is 22.7 Å². The van der Waals surface area contributed by atoms with Crippen molar-refractivity contribution in [2.24, 2.45) is 0 Å². The Balaban J connectivity index is 1.82. The lowest BCUT2D eigenvalue weighted by molar-refractivity contribution is 0.0914. The summed E-state index contributed by atoms with van der Waals surface area (Å²) in [6.07, 6.45) is -0.272. The smallest absolute Gasteiger partial charge is 0.287 e. The molecule has 20 heavy (non-hydrogen) atoms. The molecule has 2 aromatic rings. The summed E-state index contributed by atoms with van der Waals surface area (Å²) < 4.78 is 5.63. The summed E-state index contributed by atoms with van der Waals surface area (Å²) in [5, 5.41) is 13.2. The number of benzene rings is 1. The van der Waals surface area contributed by atoms with Gasteiger partial charge < -0.3 is 14.8 Å². The number of rotatable bonds is 5. The van der Waals surface area contributed by atoms with Crippen LogP contribution in [0.2, 0.25) is 5.02 Å². The Labute approximate surface area is 129 Å². The van der Waals surface area contributed by atoms with E-state index in [9.17, 15) is 9.90 Å². The van der Waals surface area contributed by atoms with Gasteiger partial charge in [0.05, 0.1) is 6.10 Å². The minimum Gasteiger partial charge on any atom is -0.444 e. The molecule has 1 heterocycles. The maximum atomic E-state index is 11.7. The number of amides is 1. The predicted octanol–water partition coefficient (Wildman–Crippen LogP) is 3.55. The Morgan fingerprint density at radius 2 is 2.20 bits per heavy atom. The Morgan fingerprint density at radius 3 is 2.85 bits per heavy atom. The quantitative estimate of drug-likeness (QED) is 0.859. The molecule has 0 aliphatic carbocycles. The third-order valence-electron chi connectivity index (χ3n) is 2.73. The highest BCUT2D eigenvalue weighted by molar-refractivity contribution is 9.10. The molecule has 1 atom stereocenters. The van der Waals surface area contributed by atoms with Crippen LogP contribution < -0.4 is 5.32 Å². The van der Waals surface area contributed by atoms with Crippen molar-refractivity contribution in [1.82, 2.24) is 5.32 Å². The number of aliphatic hydroxyl groups is 1. The van der Waals surface area contributed by atoms with Crippen molar-refractivity contribution in [3.8, 4) is 0 Å². The summed E-state index contributed by atoms with van der Waals surface area (Å²) in [7, 11) is 0. The van der Waals surface area contributed by atoms with Crippen LogP contribution in [0.25, 0.3) is 0 Å². The molecular formula is C14H13BrClNO3. The SMILES string of the molecule is O=C(NCC[C@@H](O)c1cccc(Cl)c1)c1ccc(Br)o1. The highest BCUT2D eigenvalue weighted by atomic mass is 79.9. The van der Waals surface area contributed by atoms with Crippen molar-refractivity contribution in [2.75, 3.05) is 6.54 Å². The number of hydrogen-bond donors (Lipinski definition) is 2. The van der Waals surface area contributed by atoms with Crippen LogP contribution in [0.4, 0.5) is 0 Å². The fourth-order valence-electron chi connectivity index (χ4n) is 1.73. The zero-order valence-electron chi connectivity index (χ0n) is 10.5. The van der Waals surface area contributed by atoms with E-state index in [4.69, 9.17) is 16.0 Å². The first-order valence-electron chi connectivity index (χ1n) is 6.03. The molecule has 0 radical (unpaired) electrons. The van der Waals surface area contributed by atoms with Crippen LogP contribution in [-0.4, -0.2) is 17.6 Å². The van der Waals surface area contributed by atoms with Gasteiger partial charge in [0.15, 0.2) is 10.4 Å². The lowest BCUT2D eigenvalue weighted by Gasteiger charge is -2.11. The number of nitrogens with one attached hydrogen (secondary N) is 1. The van der Waals surface area contributed by atoms with Gasteiger partial charge in [-0.05, 0) is 52.2 Å². The summed E-state index contributed by atoms with van der Waals surface area (Å²) >= 11 is 8.99. The largest absolute Gasteiger partial charge is 0.444 e. The average molecular weight is 359 g/mol. The van der Waals surface area contributed by atoms with E-state index in [1.54, 1.807) is 36.4 Å². The molecule has 106 valence electrons. The van der Waals surface area contributed by atoms with Gasteiger partial charge in [-0.25, -0.2) is 0 Å². The summed E-state index contributed by atoms with van der Waals surface area (Å²) in [5.74, 6) is -0.0804. The fraction of sp³-hybridized carbons (Fsp3) is 0.214. The molecule has 6 heteroatoms. The average Bonchev–Trinajstić information content (AvgIpc) is 2.85. The molecule has 2 N–H and O–H groups in total. The van der Waals surface area contributed by atoms with Gasteiger partial charge in [-0.15, -0.1) is 0 Å². The zero-order chi connectivity index (χ0) is 14.5. The third-order valence-corrected chi connectivity index (χ3v) is 3.40. The summed E-state index contributed by atoms with van der Waals surface area (Å²) in [4.78, 5) is 11.7. The molecule has 4 nitrogen and oxygen atoms in total. The van der Waals surface area contributed by atoms with Crippen molar-refractivity contribution in [1.29, 1.82) is 0 Å². The topological polar surface area (TPSA) is 62.5 Å². The molecule has 1 amide bonds. The maximum Gasteiger partial charge on any atom is 0.287 e. The second kappa shape index (κ2) is 6.92. The standard InChI is InChI=1S/C14H13BrClNO3/c15-13-5-4-12(20-13)14(19)17-7-6-11(18)9-2-1-3-10(16)8-9/h1-5,8,11,18H,6-7H2,(H,17,19)/t11-/m1/s1. The van der Waals surface area contributed by atoms with E-state index in [-0.39, 0.29) is 11.7 Å². The summed E-state index contributed by atoms with van der Waals surface area (Å²) in [6, 6.07) is 10.2. The lowest BCUT2D eigenvalue weighted by atomic mass is 10.1. The first kappa shape index (κ1) is 15.1. The first-order valence-corrected chi connectivity index (χ1v) is 7.20. The van der Waals surface area contributed by atoms with Gasteiger partial charge in [0.1, 0.15) is 0 Å². The second-order valence-corrected chi connectivity index (χ2v) is 5.44. The van der Waals surface area contributed by atoms with Crippen molar-refractivity contribution >= 4 is 33.4 Å². The number of furan rings is 1. The molecule has 0 fully saturated rings. The summed E-state index contributed by atoms with van der Waals surface area (Å²) in [6.45, 7) is 0.338. The van der Waals surface area contributed by atoms with Crippen molar-refractivity contribution in [3.63, 3.8) is 0 Å². The first-order chi connectivity index (χ1) is 9.56. The molecule has 0 aliphatic heterocycles. The number of halogens is 2. The van der Waals surface area contributed by atoms with Gasteiger partial charge in [-0.1, -0.05) is 23.7 Å². The normalized spacial score (nSPS) is 12.2. The highest BCUT2D eigenvalue weighted by Gasteiger charge is 2.12. The van der Waals surface area contributed by atoms with Crippen LogP contribution in [0.15, 0.2) is 45.5 Å². The molecule has 0 aliphatic rings. The van der Waals surface area contributed by atoms with Crippen molar-refractivity contribution < 1.29 is 14.3 Å². The van der Waals surface area contributed by atoms with Crippen molar-refractivity contribution in [2.45, 2.75) is 12.5 Å². The van der Waals surface area contributed by atoms with Crippen LogP contribution in [-0.2, 0) is 0 Å². The van der Waals surface area contributed by atoms with E-state index in [0.717, 1.165) is 5.56 Å². The predicted molar refractivity (Wildman–Crippen MR) is 79.8 cm³/mol. The van der Waals surface area contributed by atoms with E-state index < -0.39 is 6.10 Å². The number of aliphatic hydroxyl groups excluding tert-OH is 1. The molecule has 1 aromatic carbocycles. The molecule has 0 saturated carbocycles. The molecule has 2 rings (SSSR count). The Hall–Kier alpha value is -1.30.